The van der Waals surface area contributed by atoms with E-state index in [0.29, 0.717) is 40.9 Å². The van der Waals surface area contributed by atoms with Crippen molar-refractivity contribution in [3.63, 3.8) is 0 Å². The van der Waals surface area contributed by atoms with Crippen molar-refractivity contribution in [2.45, 2.75) is 50.9 Å². The van der Waals surface area contributed by atoms with Gasteiger partial charge in [-0.2, -0.15) is 0 Å². The summed E-state index contributed by atoms with van der Waals surface area (Å²) in [6.07, 6.45) is 5.13. The van der Waals surface area contributed by atoms with Crippen LogP contribution < -0.4 is 5.32 Å². The minimum atomic E-state index is 0.0553. The molecule has 0 bridgehead atoms. The summed E-state index contributed by atoms with van der Waals surface area (Å²) in [5.74, 6) is 2.88. The molecule has 1 fully saturated rings. The Labute approximate surface area is 181 Å². The van der Waals surface area contributed by atoms with Crippen LogP contribution in [0.15, 0.2) is 58.3 Å². The van der Waals surface area contributed by atoms with E-state index in [1.807, 2.05) is 34.9 Å². The summed E-state index contributed by atoms with van der Waals surface area (Å²) in [7, 11) is 0. The molecular formula is C23H28N4O2S. The minimum absolute atomic E-state index is 0.0553. The quantitative estimate of drug-likeness (QED) is 0.560. The monoisotopic (exact) mass is 424 g/mol. The van der Waals surface area contributed by atoms with Gasteiger partial charge in [0.2, 0.25) is 11.7 Å². The molecule has 1 aliphatic rings. The lowest BCUT2D eigenvalue weighted by Gasteiger charge is -2.34. The fourth-order valence-corrected chi connectivity index (χ4v) is 4.81. The van der Waals surface area contributed by atoms with Gasteiger partial charge >= 0.3 is 0 Å². The summed E-state index contributed by atoms with van der Waals surface area (Å²) in [5, 5.41) is 12.6. The van der Waals surface area contributed by atoms with E-state index in [-0.39, 0.29) is 11.9 Å². The zero-order valence-electron chi connectivity index (χ0n) is 17.5. The number of aromatic nitrogens is 3. The van der Waals surface area contributed by atoms with Crippen LogP contribution in [-0.4, -0.2) is 32.5 Å². The van der Waals surface area contributed by atoms with Crippen LogP contribution in [0.2, 0.25) is 0 Å². The Kier molecular flexibility index (Phi) is 6.57. The third-order valence-corrected chi connectivity index (χ3v) is 6.99. The highest BCUT2D eigenvalue weighted by Crippen LogP contribution is 2.30. The molecule has 30 heavy (non-hydrogen) atoms. The van der Waals surface area contributed by atoms with Crippen molar-refractivity contribution in [1.82, 2.24) is 20.1 Å². The first kappa shape index (κ1) is 20.7. The molecule has 1 N–H and O–H groups in total. The van der Waals surface area contributed by atoms with Crippen molar-refractivity contribution in [2.75, 3.05) is 5.75 Å². The first-order valence-corrected chi connectivity index (χ1v) is 11.5. The zero-order valence-corrected chi connectivity index (χ0v) is 18.3. The number of amides is 1. The molecule has 6 nitrogen and oxygen atoms in total. The normalized spacial score (nSPS) is 21.5. The van der Waals surface area contributed by atoms with E-state index in [4.69, 9.17) is 4.42 Å². The van der Waals surface area contributed by atoms with Crippen LogP contribution in [0.25, 0.3) is 11.6 Å². The molecule has 0 saturated heterocycles. The maximum Gasteiger partial charge on any atom is 0.230 e. The molecule has 0 radical (unpaired) electrons. The number of hydrogen-bond acceptors (Lipinski definition) is 5. The van der Waals surface area contributed by atoms with Crippen molar-refractivity contribution >= 4 is 17.7 Å². The maximum absolute atomic E-state index is 12.6. The number of thioether (sulfide) groups is 1. The van der Waals surface area contributed by atoms with Gasteiger partial charge in [-0.1, -0.05) is 68.8 Å². The summed E-state index contributed by atoms with van der Waals surface area (Å²) in [6.45, 7) is 5.14. The molecule has 0 spiro atoms. The highest BCUT2D eigenvalue weighted by atomic mass is 32.2. The summed E-state index contributed by atoms with van der Waals surface area (Å²) in [5.41, 5.74) is 1.14. The molecule has 2 heterocycles. The molecule has 1 aliphatic carbocycles. The second-order valence-corrected chi connectivity index (χ2v) is 9.03. The van der Waals surface area contributed by atoms with E-state index in [0.717, 1.165) is 12.0 Å². The van der Waals surface area contributed by atoms with Gasteiger partial charge in [-0.3, -0.25) is 9.36 Å². The highest BCUT2D eigenvalue weighted by Gasteiger charge is 2.28. The number of nitrogens with one attached hydrogen (secondary N) is 1. The Morgan fingerprint density at radius 1 is 1.17 bits per heavy atom. The fourth-order valence-electron chi connectivity index (χ4n) is 4.06. The van der Waals surface area contributed by atoms with Gasteiger partial charge in [0.1, 0.15) is 0 Å². The molecule has 0 unspecified atom stereocenters. The Balaban J connectivity index is 1.46. The van der Waals surface area contributed by atoms with Crippen LogP contribution in [0.1, 0.15) is 38.7 Å². The molecule has 3 atom stereocenters. The second kappa shape index (κ2) is 9.51. The van der Waals surface area contributed by atoms with Crippen LogP contribution in [0, 0.1) is 11.8 Å². The second-order valence-electron chi connectivity index (χ2n) is 8.09. The standard InChI is InChI=1S/C23H28N4O2S/c1-16-8-6-11-19(17(16)2)24-21(28)15-30-23-26-25-22(20-12-7-13-29-20)27(23)14-18-9-4-3-5-10-18/h3-5,7,9-10,12-13,16-17,19H,6,8,11,14-15H2,1-2H3,(H,24,28)/t16-,17-,19+/m1/s1. The summed E-state index contributed by atoms with van der Waals surface area (Å²) >= 11 is 1.42. The number of carbonyl (C=O) groups excluding carboxylic acids is 1. The summed E-state index contributed by atoms with van der Waals surface area (Å²) in [4.78, 5) is 12.6. The molecule has 3 aromatic rings. The van der Waals surface area contributed by atoms with Gasteiger partial charge < -0.3 is 9.73 Å². The van der Waals surface area contributed by atoms with Crippen molar-refractivity contribution in [1.29, 1.82) is 0 Å². The van der Waals surface area contributed by atoms with Crippen LogP contribution in [-0.2, 0) is 11.3 Å². The van der Waals surface area contributed by atoms with Gasteiger partial charge in [-0.05, 0) is 36.0 Å². The van der Waals surface area contributed by atoms with Gasteiger partial charge in [-0.15, -0.1) is 10.2 Å². The Morgan fingerprint density at radius 2 is 2.00 bits per heavy atom. The molecule has 158 valence electrons. The molecule has 1 saturated carbocycles. The van der Waals surface area contributed by atoms with E-state index in [1.54, 1.807) is 6.26 Å². The van der Waals surface area contributed by atoms with Gasteiger partial charge in [0.15, 0.2) is 10.9 Å². The van der Waals surface area contributed by atoms with E-state index in [9.17, 15) is 4.79 Å². The first-order valence-electron chi connectivity index (χ1n) is 10.5. The lowest BCUT2D eigenvalue weighted by atomic mass is 9.78. The first-order chi connectivity index (χ1) is 14.6. The van der Waals surface area contributed by atoms with Crippen molar-refractivity contribution in [3.8, 4) is 11.6 Å². The molecule has 7 heteroatoms. The van der Waals surface area contributed by atoms with Crippen LogP contribution in [0.5, 0.6) is 0 Å². The van der Waals surface area contributed by atoms with Gasteiger partial charge in [0, 0.05) is 6.04 Å². The lowest BCUT2D eigenvalue weighted by Crippen LogP contribution is -2.44. The highest BCUT2D eigenvalue weighted by molar-refractivity contribution is 7.99. The van der Waals surface area contributed by atoms with Crippen LogP contribution in [0.3, 0.4) is 0 Å². The number of rotatable bonds is 7. The molecule has 1 amide bonds. The van der Waals surface area contributed by atoms with Gasteiger partial charge in [-0.25, -0.2) is 0 Å². The predicted octanol–water partition coefficient (Wildman–Crippen LogP) is 4.62. The summed E-state index contributed by atoms with van der Waals surface area (Å²) < 4.78 is 7.56. The van der Waals surface area contributed by atoms with Crippen molar-refractivity contribution < 1.29 is 9.21 Å². The SMILES string of the molecule is C[C@@H]1[C@H](C)CCC[C@@H]1NC(=O)CSc1nnc(-c2ccco2)n1Cc1ccccc1. The van der Waals surface area contributed by atoms with E-state index < -0.39 is 0 Å². The average molecular weight is 425 g/mol. The molecule has 2 aromatic heterocycles. The van der Waals surface area contributed by atoms with E-state index >= 15 is 0 Å². The third-order valence-electron chi connectivity index (χ3n) is 6.03. The number of benzene rings is 1. The molecular weight excluding hydrogens is 396 g/mol. The minimum Gasteiger partial charge on any atom is -0.461 e. The molecule has 4 rings (SSSR count). The lowest BCUT2D eigenvalue weighted by molar-refractivity contribution is -0.120. The fraction of sp³-hybridized carbons (Fsp3) is 0.435. The smallest absolute Gasteiger partial charge is 0.230 e. The number of carbonyl (C=O) groups is 1. The van der Waals surface area contributed by atoms with E-state index in [1.165, 1.54) is 24.6 Å². The summed E-state index contributed by atoms with van der Waals surface area (Å²) in [6, 6.07) is 14.1. The van der Waals surface area contributed by atoms with Crippen molar-refractivity contribution in [2.24, 2.45) is 11.8 Å². The molecule has 0 aliphatic heterocycles. The van der Waals surface area contributed by atoms with E-state index in [2.05, 4.69) is 41.5 Å². The number of nitrogens with zero attached hydrogens (tertiary/aromatic N) is 3. The molecule has 1 aromatic carbocycles. The zero-order chi connectivity index (χ0) is 20.9. The number of hydrogen-bond donors (Lipinski definition) is 1. The maximum atomic E-state index is 12.6. The van der Waals surface area contributed by atoms with Crippen molar-refractivity contribution in [3.05, 3.63) is 54.3 Å². The number of furan rings is 1. The van der Waals surface area contributed by atoms with Crippen LogP contribution in [0.4, 0.5) is 0 Å². The topological polar surface area (TPSA) is 73.0 Å². The Morgan fingerprint density at radius 3 is 2.77 bits per heavy atom. The van der Waals surface area contributed by atoms with Gasteiger partial charge in [0.25, 0.3) is 0 Å². The largest absolute Gasteiger partial charge is 0.461 e. The predicted molar refractivity (Wildman–Crippen MR) is 118 cm³/mol. The van der Waals surface area contributed by atoms with Gasteiger partial charge in [0.05, 0.1) is 18.6 Å². The Bertz CT molecular complexity index is 955. The Hall–Kier alpha value is -2.54. The van der Waals surface area contributed by atoms with Crippen LogP contribution >= 0.6 is 11.8 Å². The third kappa shape index (κ3) is 4.78. The average Bonchev–Trinajstić information content (AvgIpc) is 3.41.